The molecule has 1 heterocycles. The van der Waals surface area contributed by atoms with Crippen LogP contribution in [-0.4, -0.2) is 10.1 Å². The molecule has 1 N–H and O–H groups in total. The molecule has 21 heavy (non-hydrogen) atoms. The Kier molecular flexibility index (Phi) is 4.08. The molecule has 0 amide bonds. The van der Waals surface area contributed by atoms with E-state index < -0.39 is 41.6 Å². The summed E-state index contributed by atoms with van der Waals surface area (Å²) < 4.78 is 68.9. The summed E-state index contributed by atoms with van der Waals surface area (Å²) in [6.07, 6.45) is -4.07. The lowest BCUT2D eigenvalue weighted by Crippen LogP contribution is -2.05. The van der Waals surface area contributed by atoms with Crippen LogP contribution in [0.2, 0.25) is 0 Å². The summed E-state index contributed by atoms with van der Waals surface area (Å²) in [5.41, 5.74) is -1.01. The van der Waals surface area contributed by atoms with E-state index in [4.69, 9.17) is 9.84 Å². The molecule has 0 atom stereocenters. The number of pyridine rings is 1. The SMILES string of the molecule is OCc1cc(F)c(Oc2ccc(C(F)(F)F)cn2)c(F)c1. The van der Waals surface area contributed by atoms with Crippen LogP contribution in [0.5, 0.6) is 11.6 Å². The van der Waals surface area contributed by atoms with Crippen molar-refractivity contribution in [1.82, 2.24) is 4.98 Å². The van der Waals surface area contributed by atoms with Gasteiger partial charge in [0, 0.05) is 12.3 Å². The second kappa shape index (κ2) is 5.65. The average Bonchev–Trinajstić information content (AvgIpc) is 2.42. The Morgan fingerprint density at radius 1 is 1.10 bits per heavy atom. The number of alkyl halides is 3. The number of nitrogens with zero attached hydrogens (tertiary/aromatic N) is 1. The largest absolute Gasteiger partial charge is 0.433 e. The Bertz CT molecular complexity index is 617. The number of aromatic nitrogens is 1. The first-order valence-corrected chi connectivity index (χ1v) is 5.61. The van der Waals surface area contributed by atoms with Crippen molar-refractivity contribution in [2.45, 2.75) is 12.8 Å². The van der Waals surface area contributed by atoms with E-state index in [1.807, 2.05) is 0 Å². The number of benzene rings is 1. The zero-order valence-corrected chi connectivity index (χ0v) is 10.3. The zero-order chi connectivity index (χ0) is 15.6. The van der Waals surface area contributed by atoms with Crippen LogP contribution in [-0.2, 0) is 12.8 Å². The minimum Gasteiger partial charge on any atom is -0.433 e. The summed E-state index contributed by atoms with van der Waals surface area (Å²) in [6, 6.07) is 3.23. The Balaban J connectivity index is 2.26. The lowest BCUT2D eigenvalue weighted by molar-refractivity contribution is -0.137. The van der Waals surface area contributed by atoms with E-state index in [9.17, 15) is 22.0 Å². The van der Waals surface area contributed by atoms with Crippen molar-refractivity contribution < 1.29 is 31.8 Å². The topological polar surface area (TPSA) is 42.4 Å². The van der Waals surface area contributed by atoms with Crippen molar-refractivity contribution in [2.24, 2.45) is 0 Å². The molecule has 0 bridgehead atoms. The van der Waals surface area contributed by atoms with Gasteiger partial charge in [-0.1, -0.05) is 0 Å². The predicted octanol–water partition coefficient (Wildman–Crippen LogP) is 3.66. The molecule has 0 radical (unpaired) electrons. The van der Waals surface area contributed by atoms with Gasteiger partial charge in [-0.15, -0.1) is 0 Å². The Morgan fingerprint density at radius 2 is 1.71 bits per heavy atom. The zero-order valence-electron chi connectivity index (χ0n) is 10.3. The molecular weight excluding hydrogens is 297 g/mol. The maximum Gasteiger partial charge on any atom is 0.417 e. The third kappa shape index (κ3) is 3.46. The summed E-state index contributed by atoms with van der Waals surface area (Å²) >= 11 is 0. The summed E-state index contributed by atoms with van der Waals surface area (Å²) in [4.78, 5) is 3.34. The van der Waals surface area contributed by atoms with Crippen molar-refractivity contribution in [3.05, 3.63) is 53.2 Å². The molecule has 0 saturated heterocycles. The third-order valence-corrected chi connectivity index (χ3v) is 2.51. The lowest BCUT2D eigenvalue weighted by Gasteiger charge is -2.10. The van der Waals surface area contributed by atoms with Gasteiger partial charge in [-0.3, -0.25) is 0 Å². The van der Waals surface area contributed by atoms with Crippen LogP contribution in [0.15, 0.2) is 30.5 Å². The van der Waals surface area contributed by atoms with E-state index in [1.165, 1.54) is 0 Å². The first kappa shape index (κ1) is 15.2. The van der Waals surface area contributed by atoms with Crippen molar-refractivity contribution in [3.8, 4) is 11.6 Å². The predicted molar refractivity (Wildman–Crippen MR) is 61.6 cm³/mol. The molecule has 0 saturated carbocycles. The fourth-order valence-corrected chi connectivity index (χ4v) is 1.51. The summed E-state index contributed by atoms with van der Waals surface area (Å²) in [7, 11) is 0. The number of halogens is 5. The first-order valence-electron chi connectivity index (χ1n) is 5.61. The molecule has 0 fully saturated rings. The fraction of sp³-hybridized carbons (Fsp3) is 0.154. The number of rotatable bonds is 3. The van der Waals surface area contributed by atoms with Crippen molar-refractivity contribution >= 4 is 0 Å². The smallest absolute Gasteiger partial charge is 0.417 e. The molecule has 1 aromatic carbocycles. The molecule has 0 aliphatic heterocycles. The molecule has 0 spiro atoms. The fourth-order valence-electron chi connectivity index (χ4n) is 1.51. The number of hydrogen-bond acceptors (Lipinski definition) is 3. The second-order valence-corrected chi connectivity index (χ2v) is 4.03. The quantitative estimate of drug-likeness (QED) is 0.880. The molecule has 0 unspecified atom stereocenters. The van der Waals surface area contributed by atoms with Crippen LogP contribution in [0, 0.1) is 11.6 Å². The van der Waals surface area contributed by atoms with Crippen LogP contribution in [0.1, 0.15) is 11.1 Å². The van der Waals surface area contributed by atoms with Crippen LogP contribution in [0.3, 0.4) is 0 Å². The highest BCUT2D eigenvalue weighted by atomic mass is 19.4. The molecule has 112 valence electrons. The molecule has 1 aromatic heterocycles. The van der Waals surface area contributed by atoms with Gasteiger partial charge in [-0.05, 0) is 23.8 Å². The van der Waals surface area contributed by atoms with E-state index in [2.05, 4.69) is 4.98 Å². The standard InChI is InChI=1S/C13H8F5NO2/c14-9-3-7(6-20)4-10(15)12(9)21-11-2-1-8(5-19-11)13(16,17)18/h1-5,20H,6H2. The minimum absolute atomic E-state index is 0.00210. The van der Waals surface area contributed by atoms with Gasteiger partial charge in [-0.25, -0.2) is 13.8 Å². The number of ether oxygens (including phenoxy) is 1. The minimum atomic E-state index is -4.56. The van der Waals surface area contributed by atoms with Gasteiger partial charge >= 0.3 is 6.18 Å². The van der Waals surface area contributed by atoms with Gasteiger partial charge in [0.05, 0.1) is 12.2 Å². The highest BCUT2D eigenvalue weighted by Crippen LogP contribution is 2.31. The maximum absolute atomic E-state index is 13.6. The van der Waals surface area contributed by atoms with Gasteiger partial charge in [0.1, 0.15) is 0 Å². The third-order valence-electron chi connectivity index (χ3n) is 2.51. The van der Waals surface area contributed by atoms with Crippen molar-refractivity contribution in [1.29, 1.82) is 0 Å². The van der Waals surface area contributed by atoms with E-state index in [0.29, 0.717) is 12.3 Å². The van der Waals surface area contributed by atoms with E-state index in [1.54, 1.807) is 0 Å². The van der Waals surface area contributed by atoms with Gasteiger partial charge in [0.15, 0.2) is 11.6 Å². The summed E-state index contributed by atoms with van der Waals surface area (Å²) in [5, 5.41) is 8.78. The lowest BCUT2D eigenvalue weighted by atomic mass is 10.2. The number of aliphatic hydroxyl groups excluding tert-OH is 1. The number of aliphatic hydroxyl groups is 1. The van der Waals surface area contributed by atoms with Crippen LogP contribution in [0.25, 0.3) is 0 Å². The maximum atomic E-state index is 13.6. The first-order chi connectivity index (χ1) is 9.81. The summed E-state index contributed by atoms with van der Waals surface area (Å²) in [6.45, 7) is -0.563. The average molecular weight is 305 g/mol. The van der Waals surface area contributed by atoms with Gasteiger partial charge < -0.3 is 9.84 Å². The highest BCUT2D eigenvalue weighted by Gasteiger charge is 2.30. The summed E-state index contributed by atoms with van der Waals surface area (Å²) in [5.74, 6) is -3.39. The normalized spacial score (nSPS) is 11.5. The molecule has 3 nitrogen and oxygen atoms in total. The molecule has 0 aliphatic carbocycles. The van der Waals surface area contributed by atoms with E-state index in [0.717, 1.165) is 18.2 Å². The molecule has 2 aromatic rings. The second-order valence-electron chi connectivity index (χ2n) is 4.03. The van der Waals surface area contributed by atoms with Crippen molar-refractivity contribution in [2.75, 3.05) is 0 Å². The molecule has 0 aliphatic rings. The van der Waals surface area contributed by atoms with Gasteiger partial charge in [0.25, 0.3) is 0 Å². The van der Waals surface area contributed by atoms with Crippen molar-refractivity contribution in [3.63, 3.8) is 0 Å². The van der Waals surface area contributed by atoms with Crippen LogP contribution >= 0.6 is 0 Å². The van der Waals surface area contributed by atoms with Gasteiger partial charge in [0.2, 0.25) is 11.6 Å². The highest BCUT2D eigenvalue weighted by molar-refractivity contribution is 5.34. The molecular formula is C13H8F5NO2. The molecule has 8 heteroatoms. The van der Waals surface area contributed by atoms with Crippen LogP contribution < -0.4 is 4.74 Å². The van der Waals surface area contributed by atoms with E-state index in [-0.39, 0.29) is 5.56 Å². The van der Waals surface area contributed by atoms with Crippen LogP contribution in [0.4, 0.5) is 22.0 Å². The van der Waals surface area contributed by atoms with E-state index >= 15 is 0 Å². The van der Waals surface area contributed by atoms with Gasteiger partial charge in [-0.2, -0.15) is 13.2 Å². The monoisotopic (exact) mass is 305 g/mol. The Morgan fingerprint density at radius 3 is 2.14 bits per heavy atom. The Labute approximate surface area is 115 Å². The number of hydrogen-bond donors (Lipinski definition) is 1. The molecule has 2 rings (SSSR count). The Hall–Kier alpha value is -2.22.